The van der Waals surface area contributed by atoms with E-state index in [2.05, 4.69) is 5.32 Å². The molecule has 0 saturated carbocycles. The van der Waals surface area contributed by atoms with E-state index in [-0.39, 0.29) is 19.0 Å². The Bertz CT molecular complexity index is 1010. The molecule has 0 spiro atoms. The number of amides is 4. The summed E-state index contributed by atoms with van der Waals surface area (Å²) in [5.74, 6) is -0.199. The Morgan fingerprint density at radius 2 is 1.81 bits per heavy atom. The first-order valence-corrected chi connectivity index (χ1v) is 10.5. The van der Waals surface area contributed by atoms with Gasteiger partial charge in [-0.3, -0.25) is 14.5 Å². The third kappa shape index (κ3) is 4.62. The van der Waals surface area contributed by atoms with Gasteiger partial charge in [-0.25, -0.2) is 4.79 Å². The van der Waals surface area contributed by atoms with Gasteiger partial charge < -0.3 is 15.0 Å². The molecule has 2 aromatic rings. The summed E-state index contributed by atoms with van der Waals surface area (Å²) in [6, 6.07) is 11.4. The molecule has 1 aliphatic heterocycles. The Hall–Kier alpha value is -2.77. The number of benzene rings is 2. The molecule has 1 atom stereocenters. The summed E-state index contributed by atoms with van der Waals surface area (Å²) < 4.78 is 5.14. The molecule has 1 saturated heterocycles. The molecule has 3 rings (SSSR count). The van der Waals surface area contributed by atoms with Crippen LogP contribution in [0.25, 0.3) is 0 Å². The van der Waals surface area contributed by atoms with Gasteiger partial charge in [0.15, 0.2) is 0 Å². The number of carbonyl (C=O) groups excluding carboxylic acids is 3. The van der Waals surface area contributed by atoms with Gasteiger partial charge in [0.25, 0.3) is 5.91 Å². The molecule has 0 aromatic heterocycles. The van der Waals surface area contributed by atoms with Crippen molar-refractivity contribution in [3.05, 3.63) is 63.6 Å². The number of urea groups is 1. The third-order valence-corrected chi connectivity index (χ3v) is 6.07. The van der Waals surface area contributed by atoms with Gasteiger partial charge in [0, 0.05) is 13.1 Å². The lowest BCUT2D eigenvalue weighted by Gasteiger charge is -2.25. The highest BCUT2D eigenvalue weighted by Gasteiger charge is 2.49. The number of hydrogen-bond donors (Lipinski definition) is 1. The number of carbonyl (C=O) groups is 3. The van der Waals surface area contributed by atoms with Gasteiger partial charge in [-0.15, -0.1) is 0 Å². The van der Waals surface area contributed by atoms with Crippen molar-refractivity contribution in [3.8, 4) is 5.75 Å². The van der Waals surface area contributed by atoms with Crippen LogP contribution in [0.2, 0.25) is 10.0 Å². The Labute approximate surface area is 190 Å². The van der Waals surface area contributed by atoms with Gasteiger partial charge in [-0.2, -0.15) is 0 Å². The first-order chi connectivity index (χ1) is 14.7. The second kappa shape index (κ2) is 9.16. The molecule has 1 aliphatic rings. The molecule has 164 valence electrons. The van der Waals surface area contributed by atoms with Crippen LogP contribution in [0.3, 0.4) is 0 Å². The lowest BCUT2D eigenvalue weighted by molar-refractivity contribution is -0.139. The quantitative estimate of drug-likeness (QED) is 0.632. The maximum atomic E-state index is 13.1. The van der Waals surface area contributed by atoms with Crippen LogP contribution in [0.5, 0.6) is 5.75 Å². The lowest BCUT2D eigenvalue weighted by Crippen LogP contribution is -2.44. The normalized spacial score (nSPS) is 18.2. The third-order valence-electron chi connectivity index (χ3n) is 5.33. The minimum absolute atomic E-state index is 0.283. The summed E-state index contributed by atoms with van der Waals surface area (Å²) in [7, 11) is 1.55. The van der Waals surface area contributed by atoms with Crippen molar-refractivity contribution in [1.29, 1.82) is 0 Å². The smallest absolute Gasteiger partial charge is 0.325 e. The SMILES string of the molecule is CCN(Cc1ccc(Cl)c(Cl)c1)C(=O)CN1C(=O)NC(C)(c2ccc(OC)cc2)C1=O. The van der Waals surface area contributed by atoms with Crippen molar-refractivity contribution in [2.75, 3.05) is 20.2 Å². The fourth-order valence-electron chi connectivity index (χ4n) is 3.43. The summed E-state index contributed by atoms with van der Waals surface area (Å²) in [4.78, 5) is 41.0. The highest BCUT2D eigenvalue weighted by atomic mass is 35.5. The minimum atomic E-state index is -1.26. The molecular weight excluding hydrogens is 441 g/mol. The number of nitrogens with zero attached hydrogens (tertiary/aromatic N) is 2. The maximum absolute atomic E-state index is 13.1. The van der Waals surface area contributed by atoms with E-state index in [0.717, 1.165) is 10.5 Å². The molecule has 2 aromatic carbocycles. The number of nitrogens with one attached hydrogen (secondary N) is 1. The molecule has 1 N–H and O–H groups in total. The van der Waals surface area contributed by atoms with Crippen molar-refractivity contribution < 1.29 is 19.1 Å². The molecule has 4 amide bonds. The van der Waals surface area contributed by atoms with Crippen LogP contribution in [0.15, 0.2) is 42.5 Å². The molecule has 1 heterocycles. The van der Waals surface area contributed by atoms with Crippen LogP contribution < -0.4 is 10.1 Å². The van der Waals surface area contributed by atoms with E-state index < -0.39 is 17.5 Å². The van der Waals surface area contributed by atoms with E-state index >= 15 is 0 Å². The Kier molecular flexibility index (Phi) is 6.77. The predicted octanol–water partition coefficient (Wildman–Crippen LogP) is 3.82. The zero-order valence-electron chi connectivity index (χ0n) is 17.4. The molecule has 0 aliphatic carbocycles. The largest absolute Gasteiger partial charge is 0.497 e. The monoisotopic (exact) mass is 463 g/mol. The van der Waals surface area contributed by atoms with Gasteiger partial charge in [-0.05, 0) is 49.2 Å². The van der Waals surface area contributed by atoms with Crippen molar-refractivity contribution in [1.82, 2.24) is 15.1 Å². The fourth-order valence-corrected chi connectivity index (χ4v) is 3.75. The second-order valence-corrected chi connectivity index (χ2v) is 8.15. The van der Waals surface area contributed by atoms with Crippen molar-refractivity contribution in [2.45, 2.75) is 25.9 Å². The van der Waals surface area contributed by atoms with Crippen molar-refractivity contribution in [3.63, 3.8) is 0 Å². The average Bonchev–Trinajstić information content (AvgIpc) is 2.98. The van der Waals surface area contributed by atoms with Crippen molar-refractivity contribution >= 4 is 41.0 Å². The average molecular weight is 464 g/mol. The molecular formula is C22H23Cl2N3O4. The van der Waals surface area contributed by atoms with Crippen LogP contribution in [0.4, 0.5) is 4.79 Å². The van der Waals surface area contributed by atoms with E-state index in [9.17, 15) is 14.4 Å². The van der Waals surface area contributed by atoms with Crippen LogP contribution in [0.1, 0.15) is 25.0 Å². The summed E-state index contributed by atoms with van der Waals surface area (Å²) in [6.07, 6.45) is 0. The van der Waals surface area contributed by atoms with Crippen LogP contribution in [-0.2, 0) is 21.7 Å². The summed E-state index contributed by atoms with van der Waals surface area (Å²) in [6.45, 7) is 3.77. The van der Waals surface area contributed by atoms with Crippen LogP contribution in [-0.4, -0.2) is 47.8 Å². The van der Waals surface area contributed by atoms with E-state index in [4.69, 9.17) is 27.9 Å². The summed E-state index contributed by atoms with van der Waals surface area (Å²) in [5, 5.41) is 3.53. The topological polar surface area (TPSA) is 79.0 Å². The number of ether oxygens (including phenoxy) is 1. The second-order valence-electron chi connectivity index (χ2n) is 7.33. The molecule has 7 nitrogen and oxygen atoms in total. The van der Waals surface area contributed by atoms with E-state index in [0.29, 0.717) is 27.9 Å². The zero-order chi connectivity index (χ0) is 22.8. The summed E-state index contributed by atoms with van der Waals surface area (Å²) in [5.41, 5.74) is 0.138. The predicted molar refractivity (Wildman–Crippen MR) is 118 cm³/mol. The minimum Gasteiger partial charge on any atom is -0.497 e. The maximum Gasteiger partial charge on any atom is 0.325 e. The van der Waals surface area contributed by atoms with Gasteiger partial charge in [-0.1, -0.05) is 41.4 Å². The highest BCUT2D eigenvalue weighted by molar-refractivity contribution is 6.42. The van der Waals surface area contributed by atoms with Crippen LogP contribution in [0, 0.1) is 0 Å². The highest BCUT2D eigenvalue weighted by Crippen LogP contribution is 2.30. The Morgan fingerprint density at radius 3 is 2.39 bits per heavy atom. The van der Waals surface area contributed by atoms with Crippen LogP contribution >= 0.6 is 23.2 Å². The molecule has 31 heavy (non-hydrogen) atoms. The molecule has 9 heteroatoms. The number of halogens is 2. The van der Waals surface area contributed by atoms with Gasteiger partial charge >= 0.3 is 6.03 Å². The van der Waals surface area contributed by atoms with Gasteiger partial charge in [0.1, 0.15) is 17.8 Å². The Balaban J connectivity index is 1.74. The number of hydrogen-bond acceptors (Lipinski definition) is 4. The van der Waals surface area contributed by atoms with E-state index in [1.807, 2.05) is 6.92 Å². The molecule has 0 radical (unpaired) electrons. The number of methoxy groups -OCH3 is 1. The fraction of sp³-hybridized carbons (Fsp3) is 0.318. The van der Waals surface area contributed by atoms with Gasteiger partial charge in [0.05, 0.1) is 17.2 Å². The number of imide groups is 1. The number of likely N-dealkylation sites (N-methyl/N-ethyl adjacent to an activating group) is 1. The summed E-state index contributed by atoms with van der Waals surface area (Å²) >= 11 is 12.0. The first-order valence-electron chi connectivity index (χ1n) is 9.70. The first kappa shape index (κ1) is 22.9. The lowest BCUT2D eigenvalue weighted by atomic mass is 9.92. The standard InChI is InChI=1S/C22H23Cl2N3O4/c1-4-26(12-14-5-10-17(23)18(24)11-14)19(28)13-27-20(29)22(2,25-21(27)30)15-6-8-16(31-3)9-7-15/h5-11H,4,12-13H2,1-3H3,(H,25,30). The van der Waals surface area contributed by atoms with E-state index in [1.165, 1.54) is 0 Å². The van der Waals surface area contributed by atoms with Crippen molar-refractivity contribution in [2.24, 2.45) is 0 Å². The zero-order valence-corrected chi connectivity index (χ0v) is 19.0. The van der Waals surface area contributed by atoms with E-state index in [1.54, 1.807) is 61.4 Å². The molecule has 1 fully saturated rings. The van der Waals surface area contributed by atoms with Gasteiger partial charge in [0.2, 0.25) is 5.91 Å². The number of rotatable bonds is 7. The Morgan fingerprint density at radius 1 is 1.13 bits per heavy atom. The molecule has 0 bridgehead atoms. The molecule has 1 unspecified atom stereocenters.